The topological polar surface area (TPSA) is 96.2 Å². The number of esters is 1. The second-order valence-corrected chi connectivity index (χ2v) is 8.23. The lowest BCUT2D eigenvalue weighted by atomic mass is 10.2. The summed E-state index contributed by atoms with van der Waals surface area (Å²) in [4.78, 5) is 29.6. The number of carbonyl (C=O) groups excluding carboxylic acids is 2. The SMILES string of the molecule is CCN(CC(=O)OC)c1ccc(N=Nc2nc3cc(Cl)c(Cl)cc3s2)c(NC(C)=O)c1. The average Bonchev–Trinajstić information content (AvgIpc) is 3.12. The molecule has 0 unspecified atom stereocenters. The van der Waals surface area contributed by atoms with E-state index in [0.717, 1.165) is 10.4 Å². The van der Waals surface area contributed by atoms with Crippen molar-refractivity contribution in [2.24, 2.45) is 10.2 Å². The highest BCUT2D eigenvalue weighted by molar-refractivity contribution is 7.22. The maximum absolute atomic E-state index is 11.7. The molecule has 162 valence electrons. The van der Waals surface area contributed by atoms with E-state index in [1.807, 2.05) is 11.8 Å². The largest absolute Gasteiger partial charge is 0.468 e. The van der Waals surface area contributed by atoms with Crippen LogP contribution in [-0.4, -0.2) is 37.1 Å². The zero-order valence-corrected chi connectivity index (χ0v) is 19.3. The summed E-state index contributed by atoms with van der Waals surface area (Å²) in [6.07, 6.45) is 0. The summed E-state index contributed by atoms with van der Waals surface area (Å²) in [6.45, 7) is 3.98. The van der Waals surface area contributed by atoms with E-state index in [2.05, 4.69) is 20.5 Å². The zero-order valence-electron chi connectivity index (χ0n) is 17.0. The van der Waals surface area contributed by atoms with Crippen LogP contribution >= 0.6 is 34.5 Å². The van der Waals surface area contributed by atoms with Crippen molar-refractivity contribution in [1.29, 1.82) is 0 Å². The Balaban J connectivity index is 1.92. The molecule has 1 heterocycles. The summed E-state index contributed by atoms with van der Waals surface area (Å²) in [5, 5.41) is 12.5. The molecule has 3 rings (SSSR count). The number of aromatic nitrogens is 1. The fourth-order valence-electron chi connectivity index (χ4n) is 2.75. The van der Waals surface area contributed by atoms with Crippen molar-refractivity contribution < 1.29 is 14.3 Å². The number of halogens is 2. The molecule has 0 atom stereocenters. The standard InChI is InChI=1S/C20H19Cl2N5O3S/c1-4-27(10-19(29)30-3)12-5-6-15(16(7-12)23-11(2)28)25-26-20-24-17-8-13(21)14(22)9-18(17)31-20/h5-9H,4,10H2,1-3H3,(H,23,28). The maximum Gasteiger partial charge on any atom is 0.325 e. The van der Waals surface area contributed by atoms with Crippen molar-refractivity contribution in [1.82, 2.24) is 4.98 Å². The number of methoxy groups -OCH3 is 1. The molecule has 8 nitrogen and oxygen atoms in total. The van der Waals surface area contributed by atoms with Crippen LogP contribution in [0.15, 0.2) is 40.6 Å². The molecule has 2 aromatic carbocycles. The van der Waals surface area contributed by atoms with Crippen LogP contribution in [0.4, 0.5) is 22.2 Å². The van der Waals surface area contributed by atoms with Gasteiger partial charge >= 0.3 is 5.97 Å². The number of azo groups is 1. The number of fused-ring (bicyclic) bond motifs is 1. The Morgan fingerprint density at radius 1 is 1.19 bits per heavy atom. The molecule has 0 bridgehead atoms. The summed E-state index contributed by atoms with van der Waals surface area (Å²) in [7, 11) is 1.34. The molecule has 0 saturated heterocycles. The van der Waals surface area contributed by atoms with Gasteiger partial charge in [-0.3, -0.25) is 9.59 Å². The van der Waals surface area contributed by atoms with Crippen molar-refractivity contribution in [2.45, 2.75) is 13.8 Å². The van der Waals surface area contributed by atoms with E-state index in [0.29, 0.717) is 38.6 Å². The van der Waals surface area contributed by atoms with Crippen LogP contribution in [0, 0.1) is 0 Å². The van der Waals surface area contributed by atoms with Crippen LogP contribution < -0.4 is 10.2 Å². The molecule has 1 amide bonds. The van der Waals surface area contributed by atoms with E-state index in [4.69, 9.17) is 27.9 Å². The van der Waals surface area contributed by atoms with Gasteiger partial charge in [0.15, 0.2) is 0 Å². The van der Waals surface area contributed by atoms with Gasteiger partial charge in [-0.15, -0.1) is 10.2 Å². The third-order valence-electron chi connectivity index (χ3n) is 4.25. The van der Waals surface area contributed by atoms with Gasteiger partial charge in [0, 0.05) is 19.2 Å². The van der Waals surface area contributed by atoms with E-state index in [1.165, 1.54) is 25.4 Å². The number of thiazole rings is 1. The summed E-state index contributed by atoms with van der Waals surface area (Å²) in [5.41, 5.74) is 2.32. The fourth-order valence-corrected chi connectivity index (χ4v) is 3.95. The Bertz CT molecular complexity index is 1130. The number of rotatable bonds is 7. The highest BCUT2D eigenvalue weighted by Gasteiger charge is 2.14. The van der Waals surface area contributed by atoms with E-state index >= 15 is 0 Å². The number of hydrogen-bond donors (Lipinski definition) is 1. The van der Waals surface area contributed by atoms with E-state index in [1.54, 1.807) is 30.3 Å². The second-order valence-electron chi connectivity index (χ2n) is 6.40. The Kier molecular flexibility index (Phi) is 7.42. The van der Waals surface area contributed by atoms with Crippen LogP contribution in [-0.2, 0) is 14.3 Å². The number of amides is 1. The molecule has 0 aliphatic carbocycles. The molecular formula is C20H19Cl2N5O3S. The van der Waals surface area contributed by atoms with Crippen LogP contribution in [0.1, 0.15) is 13.8 Å². The van der Waals surface area contributed by atoms with Crippen molar-refractivity contribution in [3.63, 3.8) is 0 Å². The minimum atomic E-state index is -0.359. The fraction of sp³-hybridized carbons (Fsp3) is 0.250. The number of nitrogens with one attached hydrogen (secondary N) is 1. The molecular weight excluding hydrogens is 461 g/mol. The molecule has 0 saturated carbocycles. The summed E-state index contributed by atoms with van der Waals surface area (Å²) in [5.74, 6) is -0.614. The Morgan fingerprint density at radius 2 is 1.94 bits per heavy atom. The highest BCUT2D eigenvalue weighted by atomic mass is 35.5. The lowest BCUT2D eigenvalue weighted by Crippen LogP contribution is -2.30. The van der Waals surface area contributed by atoms with Crippen LogP contribution in [0.3, 0.4) is 0 Å². The number of nitrogens with zero attached hydrogens (tertiary/aromatic N) is 4. The molecule has 0 spiro atoms. The smallest absolute Gasteiger partial charge is 0.325 e. The second kappa shape index (κ2) is 10.0. The molecule has 0 radical (unpaired) electrons. The van der Waals surface area contributed by atoms with Crippen molar-refractivity contribution >= 4 is 78.8 Å². The minimum absolute atomic E-state index is 0.0875. The number of hydrogen-bond acceptors (Lipinski definition) is 8. The normalized spacial score (nSPS) is 11.1. The van der Waals surface area contributed by atoms with E-state index in [9.17, 15) is 9.59 Å². The van der Waals surface area contributed by atoms with Crippen molar-refractivity contribution in [3.05, 3.63) is 40.4 Å². The molecule has 0 aliphatic rings. The molecule has 1 N–H and O–H groups in total. The summed E-state index contributed by atoms with van der Waals surface area (Å²) >= 11 is 13.4. The molecule has 3 aromatic rings. The molecule has 11 heteroatoms. The molecule has 0 fully saturated rings. The Morgan fingerprint density at radius 3 is 2.61 bits per heavy atom. The summed E-state index contributed by atoms with van der Waals surface area (Å²) in [6, 6.07) is 8.65. The number of carbonyl (C=O) groups is 2. The minimum Gasteiger partial charge on any atom is -0.468 e. The lowest BCUT2D eigenvalue weighted by molar-refractivity contribution is -0.139. The quantitative estimate of drug-likeness (QED) is 0.332. The van der Waals surface area contributed by atoms with E-state index < -0.39 is 0 Å². The Labute approximate surface area is 192 Å². The van der Waals surface area contributed by atoms with E-state index in [-0.39, 0.29) is 18.4 Å². The Hall–Kier alpha value is -2.75. The van der Waals surface area contributed by atoms with Gasteiger partial charge < -0.3 is 15.0 Å². The highest BCUT2D eigenvalue weighted by Crippen LogP contribution is 2.36. The number of benzene rings is 2. The van der Waals surface area contributed by atoms with Gasteiger partial charge in [-0.25, -0.2) is 4.98 Å². The average molecular weight is 480 g/mol. The van der Waals surface area contributed by atoms with Gasteiger partial charge in [-0.05, 0) is 37.3 Å². The van der Waals surface area contributed by atoms with Crippen LogP contribution in [0.2, 0.25) is 10.0 Å². The maximum atomic E-state index is 11.7. The van der Waals surface area contributed by atoms with Gasteiger partial charge in [0.05, 0.1) is 33.1 Å². The molecule has 1 aromatic heterocycles. The first-order chi connectivity index (χ1) is 14.8. The lowest BCUT2D eigenvalue weighted by Gasteiger charge is -2.22. The first-order valence-electron chi connectivity index (χ1n) is 9.21. The van der Waals surface area contributed by atoms with Gasteiger partial charge in [-0.2, -0.15) is 0 Å². The number of likely N-dealkylation sites (N-methyl/N-ethyl adjacent to an activating group) is 1. The predicted molar refractivity (Wildman–Crippen MR) is 124 cm³/mol. The predicted octanol–water partition coefficient (Wildman–Crippen LogP) is 5.98. The first-order valence-corrected chi connectivity index (χ1v) is 10.8. The number of anilines is 2. The van der Waals surface area contributed by atoms with Crippen molar-refractivity contribution in [3.8, 4) is 0 Å². The third-order valence-corrected chi connectivity index (χ3v) is 5.87. The third kappa shape index (κ3) is 5.69. The monoisotopic (exact) mass is 479 g/mol. The van der Waals surface area contributed by atoms with Crippen LogP contribution in [0.5, 0.6) is 0 Å². The van der Waals surface area contributed by atoms with Crippen molar-refractivity contribution in [2.75, 3.05) is 30.4 Å². The van der Waals surface area contributed by atoms with Gasteiger partial charge in [-0.1, -0.05) is 34.5 Å². The molecule has 0 aliphatic heterocycles. The number of ether oxygens (including phenoxy) is 1. The zero-order chi connectivity index (χ0) is 22.5. The van der Waals surface area contributed by atoms with Gasteiger partial charge in [0.1, 0.15) is 12.2 Å². The van der Waals surface area contributed by atoms with Crippen LogP contribution in [0.25, 0.3) is 10.2 Å². The van der Waals surface area contributed by atoms with Gasteiger partial charge in [0.25, 0.3) is 0 Å². The summed E-state index contributed by atoms with van der Waals surface area (Å²) < 4.78 is 5.58. The molecule has 31 heavy (non-hydrogen) atoms. The van der Waals surface area contributed by atoms with Gasteiger partial charge in [0.2, 0.25) is 11.0 Å². The first kappa shape index (κ1) is 22.9.